The molecule has 0 aliphatic carbocycles. The van der Waals surface area contributed by atoms with Crippen molar-refractivity contribution in [3.05, 3.63) is 54.0 Å². The van der Waals surface area contributed by atoms with Crippen LogP contribution in [-0.4, -0.2) is 38.9 Å². The lowest BCUT2D eigenvalue weighted by Gasteiger charge is -2.44. The molecule has 3 aromatic rings. The van der Waals surface area contributed by atoms with Gasteiger partial charge in [0.05, 0.1) is 0 Å². The summed E-state index contributed by atoms with van der Waals surface area (Å²) >= 11 is 0. The van der Waals surface area contributed by atoms with Gasteiger partial charge in [-0.15, -0.1) is 12.4 Å². The Hall–Kier alpha value is -2.53. The number of ether oxygens (including phenoxy) is 1. The van der Waals surface area contributed by atoms with Crippen molar-refractivity contribution in [2.45, 2.75) is 51.6 Å². The lowest BCUT2D eigenvalue weighted by molar-refractivity contribution is -0.134. The number of nitrogens with zero attached hydrogens (tertiary/aromatic N) is 3. The maximum absolute atomic E-state index is 12.0. The monoisotopic (exact) mass is 425 g/mol. The number of rotatable bonds is 2. The Morgan fingerprint density at radius 1 is 1.17 bits per heavy atom. The summed E-state index contributed by atoms with van der Waals surface area (Å²) < 4.78 is 8.68. The molecular weight excluding hydrogens is 398 g/mol. The van der Waals surface area contributed by atoms with E-state index in [0.29, 0.717) is 6.42 Å². The maximum atomic E-state index is 12.0. The van der Waals surface area contributed by atoms with Gasteiger partial charge < -0.3 is 14.0 Å². The predicted octanol–water partition coefficient (Wildman–Crippen LogP) is 4.83. The second kappa shape index (κ2) is 7.95. The quantitative estimate of drug-likeness (QED) is 0.590. The summed E-state index contributed by atoms with van der Waals surface area (Å²) in [6.45, 7) is 5.69. The molecule has 2 aromatic heterocycles. The van der Waals surface area contributed by atoms with Gasteiger partial charge in [0, 0.05) is 56.0 Å². The van der Waals surface area contributed by atoms with Crippen LogP contribution in [-0.2, 0) is 11.2 Å². The zero-order valence-corrected chi connectivity index (χ0v) is 18.4. The molecule has 1 fully saturated rings. The second-order valence-electron chi connectivity index (χ2n) is 8.33. The van der Waals surface area contributed by atoms with E-state index in [9.17, 15) is 4.79 Å². The average Bonchev–Trinajstić information content (AvgIpc) is 3.24. The number of piperidine rings is 1. The van der Waals surface area contributed by atoms with Gasteiger partial charge in [0.15, 0.2) is 0 Å². The van der Waals surface area contributed by atoms with E-state index in [1.165, 1.54) is 22.4 Å². The van der Waals surface area contributed by atoms with Crippen molar-refractivity contribution in [2.75, 3.05) is 13.1 Å². The molecule has 2 aliphatic heterocycles. The van der Waals surface area contributed by atoms with Crippen molar-refractivity contribution in [2.24, 2.45) is 0 Å². The molecule has 0 atom stereocenters. The molecule has 1 aromatic carbocycles. The number of carbonyl (C=O) groups excluding carboxylic acids is 1. The minimum Gasteiger partial charge on any atom is -0.487 e. The van der Waals surface area contributed by atoms with E-state index in [0.717, 1.165) is 50.2 Å². The van der Waals surface area contributed by atoms with Crippen LogP contribution in [0.2, 0.25) is 0 Å². The zero-order chi connectivity index (χ0) is 20.0. The number of fused-ring (bicyclic) bond motifs is 2. The standard InChI is InChI=1S/C24H27N3O2.ClH/c1-3-23(28)26-13-10-24(11-14-26)9-8-19-16-18(4-6-21(19)29-24)20-5-7-22-25-12-15-27(22)17(20)2;/h4-7,12,15-16H,3,8-11,13-14H2,1-2H3;1H. The number of likely N-dealkylation sites (tertiary alicyclic amines) is 1. The van der Waals surface area contributed by atoms with Crippen LogP contribution in [0.4, 0.5) is 0 Å². The first kappa shape index (κ1) is 20.7. The fourth-order valence-corrected chi connectivity index (χ4v) is 4.86. The molecule has 1 saturated heterocycles. The summed E-state index contributed by atoms with van der Waals surface area (Å²) in [4.78, 5) is 18.3. The van der Waals surface area contributed by atoms with Gasteiger partial charge >= 0.3 is 0 Å². The smallest absolute Gasteiger partial charge is 0.222 e. The summed E-state index contributed by atoms with van der Waals surface area (Å²) in [5, 5.41) is 0. The molecule has 1 spiro atoms. The van der Waals surface area contributed by atoms with Gasteiger partial charge in [-0.3, -0.25) is 4.79 Å². The van der Waals surface area contributed by atoms with E-state index >= 15 is 0 Å². The molecule has 0 unspecified atom stereocenters. The Bertz CT molecular complexity index is 1080. The number of hydrogen-bond acceptors (Lipinski definition) is 3. The number of aromatic nitrogens is 2. The minimum atomic E-state index is -0.106. The van der Waals surface area contributed by atoms with E-state index in [1.54, 1.807) is 0 Å². The van der Waals surface area contributed by atoms with Gasteiger partial charge in [-0.05, 0) is 55.2 Å². The number of halogens is 1. The molecule has 1 amide bonds. The van der Waals surface area contributed by atoms with Crippen molar-refractivity contribution >= 4 is 24.0 Å². The first-order valence-corrected chi connectivity index (χ1v) is 10.6. The maximum Gasteiger partial charge on any atom is 0.222 e. The molecule has 5 rings (SSSR count). The second-order valence-corrected chi connectivity index (χ2v) is 8.33. The molecule has 0 saturated carbocycles. The first-order valence-electron chi connectivity index (χ1n) is 10.6. The van der Waals surface area contributed by atoms with Gasteiger partial charge in [-0.25, -0.2) is 4.98 Å². The Kier molecular flexibility index (Phi) is 5.49. The number of amides is 1. The highest BCUT2D eigenvalue weighted by Gasteiger charge is 2.40. The van der Waals surface area contributed by atoms with Crippen LogP contribution in [0.3, 0.4) is 0 Å². The highest BCUT2D eigenvalue weighted by molar-refractivity contribution is 5.85. The fourth-order valence-electron chi connectivity index (χ4n) is 4.86. The van der Waals surface area contributed by atoms with Crippen molar-refractivity contribution in [3.63, 3.8) is 0 Å². The molecule has 2 aliphatic rings. The molecule has 4 heterocycles. The van der Waals surface area contributed by atoms with E-state index in [2.05, 4.69) is 46.6 Å². The molecule has 5 nitrogen and oxygen atoms in total. The number of carbonyl (C=O) groups is 1. The summed E-state index contributed by atoms with van der Waals surface area (Å²) in [6.07, 6.45) is 8.34. The Labute approximate surface area is 183 Å². The molecule has 0 N–H and O–H groups in total. The topological polar surface area (TPSA) is 46.8 Å². The molecule has 6 heteroatoms. The SMILES string of the molecule is CCC(=O)N1CCC2(CCc3cc(-c4ccc5nccn5c4C)ccc3O2)CC1.Cl. The third-order valence-corrected chi connectivity index (χ3v) is 6.70. The van der Waals surface area contributed by atoms with Crippen molar-refractivity contribution < 1.29 is 9.53 Å². The predicted molar refractivity (Wildman–Crippen MR) is 120 cm³/mol. The Morgan fingerprint density at radius 3 is 2.73 bits per heavy atom. The Balaban J connectivity index is 0.00000218. The number of benzene rings is 1. The summed E-state index contributed by atoms with van der Waals surface area (Å²) in [7, 11) is 0. The minimum absolute atomic E-state index is 0. The normalized spacial score (nSPS) is 17.3. The Morgan fingerprint density at radius 2 is 1.97 bits per heavy atom. The average molecular weight is 426 g/mol. The fraction of sp³-hybridized carbons (Fsp3) is 0.417. The molecule has 158 valence electrons. The van der Waals surface area contributed by atoms with Gasteiger partial charge in [-0.2, -0.15) is 0 Å². The summed E-state index contributed by atoms with van der Waals surface area (Å²) in [5.74, 6) is 1.27. The van der Waals surface area contributed by atoms with E-state index in [-0.39, 0.29) is 23.9 Å². The molecule has 0 radical (unpaired) electrons. The number of hydrogen-bond donors (Lipinski definition) is 0. The van der Waals surface area contributed by atoms with Crippen LogP contribution in [0.1, 0.15) is 43.9 Å². The number of aryl methyl sites for hydroxylation is 2. The largest absolute Gasteiger partial charge is 0.487 e. The van der Waals surface area contributed by atoms with Crippen LogP contribution < -0.4 is 4.74 Å². The van der Waals surface area contributed by atoms with Gasteiger partial charge in [0.1, 0.15) is 17.0 Å². The van der Waals surface area contributed by atoms with Gasteiger partial charge in [0.25, 0.3) is 0 Å². The van der Waals surface area contributed by atoms with E-state index in [1.807, 2.05) is 24.2 Å². The van der Waals surface area contributed by atoms with E-state index < -0.39 is 0 Å². The third kappa shape index (κ3) is 3.45. The van der Waals surface area contributed by atoms with E-state index in [4.69, 9.17) is 4.74 Å². The van der Waals surface area contributed by atoms with Crippen molar-refractivity contribution in [1.82, 2.24) is 14.3 Å². The van der Waals surface area contributed by atoms with Gasteiger partial charge in [0.2, 0.25) is 5.91 Å². The van der Waals surface area contributed by atoms with Crippen LogP contribution in [0.15, 0.2) is 42.7 Å². The summed E-state index contributed by atoms with van der Waals surface area (Å²) in [5.41, 5.74) is 5.79. The van der Waals surface area contributed by atoms with Crippen LogP contribution >= 0.6 is 12.4 Å². The third-order valence-electron chi connectivity index (χ3n) is 6.70. The molecule has 30 heavy (non-hydrogen) atoms. The van der Waals surface area contributed by atoms with Gasteiger partial charge in [-0.1, -0.05) is 13.0 Å². The highest BCUT2D eigenvalue weighted by atomic mass is 35.5. The van der Waals surface area contributed by atoms with Crippen molar-refractivity contribution in [3.8, 4) is 16.9 Å². The number of imidazole rings is 1. The highest BCUT2D eigenvalue weighted by Crippen LogP contribution is 2.41. The zero-order valence-electron chi connectivity index (χ0n) is 17.6. The summed E-state index contributed by atoms with van der Waals surface area (Å²) in [6, 6.07) is 10.8. The van der Waals surface area contributed by atoms with Crippen LogP contribution in [0.25, 0.3) is 16.8 Å². The molecular formula is C24H28ClN3O2. The van der Waals surface area contributed by atoms with Crippen LogP contribution in [0, 0.1) is 6.92 Å². The lowest BCUT2D eigenvalue weighted by Crippen LogP contribution is -2.51. The first-order chi connectivity index (χ1) is 14.1. The molecule has 0 bridgehead atoms. The van der Waals surface area contributed by atoms with Crippen molar-refractivity contribution in [1.29, 1.82) is 0 Å². The number of pyridine rings is 1. The lowest BCUT2D eigenvalue weighted by atomic mass is 9.82. The van der Waals surface area contributed by atoms with Crippen LogP contribution in [0.5, 0.6) is 5.75 Å².